The van der Waals surface area contributed by atoms with Crippen molar-refractivity contribution in [1.82, 2.24) is 9.78 Å². The lowest BCUT2D eigenvalue weighted by atomic mass is 10.3. The summed E-state index contributed by atoms with van der Waals surface area (Å²) in [6.45, 7) is 1.97. The van der Waals surface area contributed by atoms with Crippen LogP contribution in [0.25, 0.3) is 0 Å². The molecule has 10 heavy (non-hydrogen) atoms. The Kier molecular flexibility index (Phi) is 2.07. The van der Waals surface area contributed by atoms with E-state index in [4.69, 9.17) is 5.11 Å². The van der Waals surface area contributed by atoms with Crippen molar-refractivity contribution in [2.24, 2.45) is 7.05 Å². The third kappa shape index (κ3) is 1.07. The van der Waals surface area contributed by atoms with E-state index in [1.165, 1.54) is 0 Å². The van der Waals surface area contributed by atoms with Crippen molar-refractivity contribution in [3.05, 3.63) is 11.3 Å². The van der Waals surface area contributed by atoms with E-state index >= 15 is 0 Å². The predicted octanol–water partition coefficient (Wildman–Crippen LogP) is -0.279. The van der Waals surface area contributed by atoms with Crippen molar-refractivity contribution in [3.63, 3.8) is 0 Å². The molecule has 0 aromatic carbocycles. The molecule has 4 heteroatoms. The van der Waals surface area contributed by atoms with Crippen LogP contribution >= 0.6 is 9.24 Å². The molecule has 1 N–H and O–H groups in total. The van der Waals surface area contributed by atoms with Crippen LogP contribution in [0.1, 0.15) is 11.3 Å². The number of nitrogens with zero attached hydrogens (tertiary/aromatic N) is 2. The van der Waals surface area contributed by atoms with Gasteiger partial charge in [0, 0.05) is 7.05 Å². The molecule has 0 bridgehead atoms. The minimum atomic E-state index is 0.0219. The number of aryl methyl sites for hydroxylation is 1. The number of hydrogen-bond donors (Lipinski definition) is 1. The third-order valence-corrected chi connectivity index (χ3v) is 2.39. The summed E-state index contributed by atoms with van der Waals surface area (Å²) in [5, 5.41) is 12.8. The Bertz CT molecular complexity index is 244. The molecule has 0 aliphatic heterocycles. The largest absolute Gasteiger partial charge is 0.390 e. The van der Waals surface area contributed by atoms with Crippen molar-refractivity contribution in [3.8, 4) is 0 Å². The molecular weight excluding hydrogens is 147 g/mol. The third-order valence-electron chi connectivity index (χ3n) is 1.59. The van der Waals surface area contributed by atoms with Gasteiger partial charge >= 0.3 is 0 Å². The van der Waals surface area contributed by atoms with Crippen LogP contribution in [0.15, 0.2) is 0 Å². The van der Waals surface area contributed by atoms with Gasteiger partial charge in [0.15, 0.2) is 0 Å². The highest BCUT2D eigenvalue weighted by Crippen LogP contribution is 2.04. The molecule has 1 heterocycles. The van der Waals surface area contributed by atoms with Crippen LogP contribution in [-0.2, 0) is 13.7 Å². The lowest BCUT2D eigenvalue weighted by Gasteiger charge is -1.90. The first-order chi connectivity index (χ1) is 4.66. The van der Waals surface area contributed by atoms with E-state index in [-0.39, 0.29) is 6.61 Å². The van der Waals surface area contributed by atoms with Gasteiger partial charge in [0.2, 0.25) is 0 Å². The molecule has 1 aromatic rings. The summed E-state index contributed by atoms with van der Waals surface area (Å²) < 4.78 is 1.74. The van der Waals surface area contributed by atoms with Crippen LogP contribution in [0, 0.1) is 6.92 Å². The summed E-state index contributed by atoms with van der Waals surface area (Å²) >= 11 is 0. The molecule has 0 amide bonds. The minimum absolute atomic E-state index is 0.0219. The Balaban J connectivity index is 3.17. The van der Waals surface area contributed by atoms with Gasteiger partial charge in [-0.3, -0.25) is 4.68 Å². The van der Waals surface area contributed by atoms with Crippen molar-refractivity contribution >= 4 is 14.7 Å². The van der Waals surface area contributed by atoms with Gasteiger partial charge in [0.25, 0.3) is 0 Å². The molecule has 0 radical (unpaired) electrons. The quantitative estimate of drug-likeness (QED) is 0.571. The van der Waals surface area contributed by atoms with Crippen LogP contribution in [0.5, 0.6) is 0 Å². The Morgan fingerprint density at radius 1 is 1.70 bits per heavy atom. The summed E-state index contributed by atoms with van der Waals surface area (Å²) in [6, 6.07) is 0. The summed E-state index contributed by atoms with van der Waals surface area (Å²) in [5.74, 6) is 0. The van der Waals surface area contributed by atoms with Gasteiger partial charge in [0.1, 0.15) is 0 Å². The summed E-state index contributed by atoms with van der Waals surface area (Å²) in [5.41, 5.74) is 2.84. The van der Waals surface area contributed by atoms with Gasteiger partial charge in [-0.2, -0.15) is 5.10 Å². The smallest absolute Gasteiger partial charge is 0.0914 e. The van der Waals surface area contributed by atoms with Crippen molar-refractivity contribution in [2.75, 3.05) is 0 Å². The monoisotopic (exact) mass is 158 g/mol. The number of aliphatic hydroxyl groups excluding tert-OH is 1. The average molecular weight is 158 g/mol. The van der Waals surface area contributed by atoms with Crippen molar-refractivity contribution in [2.45, 2.75) is 13.5 Å². The van der Waals surface area contributed by atoms with Gasteiger partial charge < -0.3 is 5.11 Å². The molecule has 0 aliphatic rings. The summed E-state index contributed by atoms with van der Waals surface area (Å²) in [4.78, 5) is 0. The van der Waals surface area contributed by atoms with E-state index in [9.17, 15) is 0 Å². The molecule has 0 fully saturated rings. The number of rotatable bonds is 1. The van der Waals surface area contributed by atoms with Gasteiger partial charge in [-0.25, -0.2) is 0 Å². The Labute approximate surface area is 62.3 Å². The van der Waals surface area contributed by atoms with Gasteiger partial charge in [-0.05, 0) is 12.5 Å². The molecule has 0 saturated heterocycles. The molecule has 1 unspecified atom stereocenters. The first kappa shape index (κ1) is 7.70. The predicted molar refractivity (Wildman–Crippen MR) is 43.2 cm³/mol. The van der Waals surface area contributed by atoms with Crippen molar-refractivity contribution in [1.29, 1.82) is 0 Å². The second kappa shape index (κ2) is 2.69. The van der Waals surface area contributed by atoms with Crippen molar-refractivity contribution < 1.29 is 5.11 Å². The highest BCUT2D eigenvalue weighted by atomic mass is 31.0. The number of hydrogen-bond acceptors (Lipinski definition) is 2. The molecule has 0 aliphatic carbocycles. The molecule has 1 atom stereocenters. The summed E-state index contributed by atoms with van der Waals surface area (Å²) in [7, 11) is 4.44. The second-order valence-corrected chi connectivity index (χ2v) is 2.79. The fraction of sp³-hybridized carbons (Fsp3) is 0.500. The van der Waals surface area contributed by atoms with E-state index in [1.54, 1.807) is 4.68 Å². The first-order valence-corrected chi connectivity index (χ1v) is 3.63. The zero-order valence-corrected chi connectivity index (χ0v) is 7.28. The molecule has 56 valence electrons. The van der Waals surface area contributed by atoms with Gasteiger partial charge in [-0.1, -0.05) is 9.24 Å². The van der Waals surface area contributed by atoms with E-state index in [0.29, 0.717) is 0 Å². The Morgan fingerprint density at radius 3 is 2.50 bits per heavy atom. The van der Waals surface area contributed by atoms with Gasteiger partial charge in [-0.15, -0.1) is 0 Å². The van der Waals surface area contributed by atoms with Crippen LogP contribution in [0.2, 0.25) is 0 Å². The lowest BCUT2D eigenvalue weighted by molar-refractivity contribution is 0.275. The van der Waals surface area contributed by atoms with E-state index in [2.05, 4.69) is 14.3 Å². The molecule has 1 aromatic heterocycles. The topological polar surface area (TPSA) is 38.1 Å². The number of aliphatic hydroxyl groups is 1. The maximum Gasteiger partial charge on any atom is 0.0914 e. The Morgan fingerprint density at radius 2 is 2.30 bits per heavy atom. The highest BCUT2D eigenvalue weighted by molar-refractivity contribution is 7.27. The first-order valence-electron chi connectivity index (χ1n) is 3.05. The molecule has 3 nitrogen and oxygen atoms in total. The maximum atomic E-state index is 8.77. The maximum absolute atomic E-state index is 8.77. The van der Waals surface area contributed by atoms with Crippen LogP contribution < -0.4 is 5.44 Å². The van der Waals surface area contributed by atoms with Gasteiger partial charge in [0.05, 0.1) is 17.7 Å². The second-order valence-electron chi connectivity index (χ2n) is 2.24. The highest BCUT2D eigenvalue weighted by Gasteiger charge is 2.05. The summed E-state index contributed by atoms with van der Waals surface area (Å²) in [6.07, 6.45) is 0. The van der Waals surface area contributed by atoms with E-state index < -0.39 is 0 Å². The number of aromatic nitrogens is 2. The fourth-order valence-corrected chi connectivity index (χ4v) is 1.08. The minimum Gasteiger partial charge on any atom is -0.390 e. The average Bonchev–Trinajstić information content (AvgIpc) is 2.17. The zero-order chi connectivity index (χ0) is 7.72. The molecule has 0 spiro atoms. The van der Waals surface area contributed by atoms with Crippen LogP contribution in [0.3, 0.4) is 0 Å². The molecule has 0 saturated carbocycles. The fourth-order valence-electron chi connectivity index (χ4n) is 0.851. The SMILES string of the molecule is Cc1c(CO)nn(C)c1P. The zero-order valence-electron chi connectivity index (χ0n) is 6.13. The van der Waals surface area contributed by atoms with Crippen LogP contribution in [0.4, 0.5) is 0 Å². The van der Waals surface area contributed by atoms with Crippen LogP contribution in [-0.4, -0.2) is 14.9 Å². The molecular formula is C6H11N2OP. The van der Waals surface area contributed by atoms with E-state index in [0.717, 1.165) is 16.7 Å². The Hall–Kier alpha value is -0.400. The lowest BCUT2D eigenvalue weighted by Crippen LogP contribution is -2.06. The standard InChI is InChI=1S/C6H11N2OP/c1-4-5(3-9)7-8(2)6(4)10/h9H,3,10H2,1-2H3. The molecule has 1 rings (SSSR count). The van der Waals surface area contributed by atoms with E-state index in [1.807, 2.05) is 14.0 Å². The normalized spacial score (nSPS) is 10.4.